The largest absolute Gasteiger partial charge is 0.472 e. The van der Waals surface area contributed by atoms with E-state index in [4.69, 9.17) is 9.05 Å². The Bertz CT molecular complexity index is 1150. The second-order valence-electron chi connectivity index (χ2n) is 18.9. The fourth-order valence-corrected chi connectivity index (χ4v) is 8.14. The van der Waals surface area contributed by atoms with E-state index in [0.717, 1.165) is 57.8 Å². The first kappa shape index (κ1) is 60.5. The van der Waals surface area contributed by atoms with Gasteiger partial charge in [0.1, 0.15) is 13.2 Å². The summed E-state index contributed by atoms with van der Waals surface area (Å²) in [5, 5.41) is 13.6. The monoisotopic (exact) mass is 894 g/mol. The average Bonchev–Trinajstić information content (AvgIpc) is 3.23. The minimum atomic E-state index is -4.32. The molecule has 9 heteroatoms. The van der Waals surface area contributed by atoms with Crippen LogP contribution in [0.25, 0.3) is 0 Å². The fourth-order valence-electron chi connectivity index (χ4n) is 7.40. The Morgan fingerprint density at radius 1 is 0.548 bits per heavy atom. The van der Waals surface area contributed by atoms with Gasteiger partial charge in [-0.2, -0.15) is 0 Å². The van der Waals surface area contributed by atoms with Crippen LogP contribution in [-0.4, -0.2) is 73.4 Å². The van der Waals surface area contributed by atoms with Crippen molar-refractivity contribution < 1.29 is 32.9 Å². The quantitative estimate of drug-likeness (QED) is 0.0243. The van der Waals surface area contributed by atoms with Crippen LogP contribution >= 0.6 is 7.82 Å². The topological polar surface area (TPSA) is 105 Å². The Morgan fingerprint density at radius 3 is 1.37 bits per heavy atom. The van der Waals surface area contributed by atoms with Crippen molar-refractivity contribution >= 4 is 13.7 Å². The molecule has 62 heavy (non-hydrogen) atoms. The van der Waals surface area contributed by atoms with E-state index in [1.54, 1.807) is 6.08 Å². The van der Waals surface area contributed by atoms with Gasteiger partial charge in [0.15, 0.2) is 0 Å². The highest BCUT2D eigenvalue weighted by atomic mass is 31.2. The number of amides is 1. The van der Waals surface area contributed by atoms with Crippen molar-refractivity contribution in [3.8, 4) is 0 Å². The number of nitrogens with zero attached hydrogens (tertiary/aromatic N) is 1. The van der Waals surface area contributed by atoms with Crippen molar-refractivity contribution in [1.82, 2.24) is 5.32 Å². The molecular formula is C53H102N2O6P+. The third kappa shape index (κ3) is 46.5. The zero-order valence-electron chi connectivity index (χ0n) is 41.4. The van der Waals surface area contributed by atoms with Gasteiger partial charge in [-0.25, -0.2) is 4.57 Å². The third-order valence-corrected chi connectivity index (χ3v) is 12.5. The smallest absolute Gasteiger partial charge is 0.387 e. The molecule has 0 aliphatic heterocycles. The highest BCUT2D eigenvalue weighted by molar-refractivity contribution is 7.47. The molecule has 0 bridgehead atoms. The predicted molar refractivity (Wildman–Crippen MR) is 267 cm³/mol. The molecule has 3 N–H and O–H groups in total. The van der Waals surface area contributed by atoms with Gasteiger partial charge in [0.05, 0.1) is 39.9 Å². The van der Waals surface area contributed by atoms with Crippen LogP contribution in [0.5, 0.6) is 0 Å². The maximum absolute atomic E-state index is 12.8. The Labute approximate surface area is 384 Å². The molecule has 0 spiro atoms. The van der Waals surface area contributed by atoms with Crippen LogP contribution in [0, 0.1) is 0 Å². The van der Waals surface area contributed by atoms with Crippen molar-refractivity contribution in [2.24, 2.45) is 0 Å². The maximum atomic E-state index is 12.8. The van der Waals surface area contributed by atoms with E-state index in [1.165, 1.54) is 154 Å². The number of hydrogen-bond acceptors (Lipinski definition) is 5. The molecule has 0 heterocycles. The van der Waals surface area contributed by atoms with Gasteiger partial charge in [-0.1, -0.05) is 217 Å². The van der Waals surface area contributed by atoms with Gasteiger partial charge in [-0.3, -0.25) is 13.8 Å². The molecule has 0 aromatic rings. The molecule has 0 rings (SSSR count). The third-order valence-electron chi connectivity index (χ3n) is 11.5. The van der Waals surface area contributed by atoms with E-state index >= 15 is 0 Å². The summed E-state index contributed by atoms with van der Waals surface area (Å²) >= 11 is 0. The van der Waals surface area contributed by atoms with Gasteiger partial charge in [-0.05, 0) is 57.8 Å². The molecule has 3 atom stereocenters. The molecule has 0 aromatic carbocycles. The molecule has 364 valence electrons. The standard InChI is InChI=1S/C53H101N2O6P/c1-6-8-10-12-13-14-15-16-17-18-19-20-21-22-23-24-25-26-27-28-29-30-31-32-33-34-35-36-37-38-39-40-41-43-45-47-53(57)54-51(52(56)46-44-42-11-9-7-2)50-61-62(58,59)60-49-48-55(3,4)5/h15-16,18-19,21-22,44,46,51-52,56H,6-14,17,20,23-43,45,47-50H2,1-5H3,(H-,54,57,58,59)/p+1/b16-15-,19-18-,22-21-,46-44+. The number of phosphoric acid groups is 1. The summed E-state index contributed by atoms with van der Waals surface area (Å²) in [6, 6.07) is -0.841. The van der Waals surface area contributed by atoms with E-state index in [0.29, 0.717) is 17.4 Å². The molecular weight excluding hydrogens is 792 g/mol. The van der Waals surface area contributed by atoms with Crippen LogP contribution in [0.1, 0.15) is 232 Å². The first-order chi connectivity index (χ1) is 30.0. The van der Waals surface area contributed by atoms with Crippen molar-refractivity contribution in [3.05, 3.63) is 48.6 Å². The van der Waals surface area contributed by atoms with Crippen LogP contribution < -0.4 is 5.32 Å². The minimum Gasteiger partial charge on any atom is -0.387 e. The Kier molecular flexibility index (Phi) is 43.5. The number of quaternary nitrogens is 1. The van der Waals surface area contributed by atoms with Gasteiger partial charge >= 0.3 is 7.82 Å². The first-order valence-electron chi connectivity index (χ1n) is 26.0. The maximum Gasteiger partial charge on any atom is 0.472 e. The lowest BCUT2D eigenvalue weighted by Gasteiger charge is -2.25. The van der Waals surface area contributed by atoms with E-state index in [1.807, 2.05) is 27.2 Å². The molecule has 0 radical (unpaired) electrons. The molecule has 3 unspecified atom stereocenters. The van der Waals surface area contributed by atoms with E-state index in [2.05, 4.69) is 55.6 Å². The van der Waals surface area contributed by atoms with Crippen LogP contribution in [0.15, 0.2) is 48.6 Å². The average molecular weight is 894 g/mol. The zero-order chi connectivity index (χ0) is 45.7. The summed E-state index contributed by atoms with van der Waals surface area (Å²) in [7, 11) is 1.57. The number of phosphoric ester groups is 1. The number of nitrogens with one attached hydrogen (secondary N) is 1. The van der Waals surface area contributed by atoms with Crippen LogP contribution in [0.2, 0.25) is 0 Å². The van der Waals surface area contributed by atoms with Crippen LogP contribution in [0.3, 0.4) is 0 Å². The van der Waals surface area contributed by atoms with Gasteiger partial charge in [0.2, 0.25) is 5.91 Å². The second kappa shape index (κ2) is 44.7. The van der Waals surface area contributed by atoms with E-state index in [9.17, 15) is 19.4 Å². The highest BCUT2D eigenvalue weighted by Crippen LogP contribution is 2.43. The predicted octanol–water partition coefficient (Wildman–Crippen LogP) is 15.2. The first-order valence-corrected chi connectivity index (χ1v) is 27.5. The second-order valence-corrected chi connectivity index (χ2v) is 20.4. The SMILES string of the molecule is CCCCC/C=C/C(O)C(COP(=O)(O)OCC[N+](C)(C)C)NC(=O)CCCCCCCCCCCCCCCCCCCCCC/C=C\C/C=C\C/C=C\CCCCCCC. The summed E-state index contributed by atoms with van der Waals surface area (Å²) in [5.41, 5.74) is 0. The molecule has 0 aliphatic carbocycles. The summed E-state index contributed by atoms with van der Waals surface area (Å²) in [6.45, 7) is 4.69. The Balaban J connectivity index is 3.77. The Hall–Kier alpha value is -1.54. The zero-order valence-corrected chi connectivity index (χ0v) is 42.3. The molecule has 0 saturated carbocycles. The lowest BCUT2D eigenvalue weighted by atomic mass is 10.0. The van der Waals surface area contributed by atoms with Crippen molar-refractivity contribution in [1.29, 1.82) is 0 Å². The number of likely N-dealkylation sites (N-methyl/N-ethyl adjacent to an activating group) is 1. The number of aliphatic hydroxyl groups excluding tert-OH is 1. The van der Waals surface area contributed by atoms with Crippen molar-refractivity contribution in [2.45, 2.75) is 244 Å². The number of allylic oxidation sites excluding steroid dienone is 7. The number of hydrogen-bond donors (Lipinski definition) is 3. The molecule has 0 fully saturated rings. The van der Waals surface area contributed by atoms with Crippen molar-refractivity contribution in [2.75, 3.05) is 40.9 Å². The molecule has 1 amide bonds. The number of unbranched alkanes of at least 4 members (excludes halogenated alkanes) is 28. The number of rotatable bonds is 47. The van der Waals surface area contributed by atoms with E-state index in [-0.39, 0.29) is 19.1 Å². The van der Waals surface area contributed by atoms with Gasteiger partial charge in [-0.15, -0.1) is 0 Å². The molecule has 8 nitrogen and oxygen atoms in total. The van der Waals surface area contributed by atoms with Crippen LogP contribution in [0.4, 0.5) is 0 Å². The Morgan fingerprint density at radius 2 is 0.919 bits per heavy atom. The summed E-state index contributed by atoms with van der Waals surface area (Å²) in [5.74, 6) is -0.183. The highest BCUT2D eigenvalue weighted by Gasteiger charge is 2.27. The summed E-state index contributed by atoms with van der Waals surface area (Å²) in [4.78, 5) is 23.0. The summed E-state index contributed by atoms with van der Waals surface area (Å²) < 4.78 is 23.4. The van der Waals surface area contributed by atoms with Gasteiger partial charge in [0.25, 0.3) is 0 Å². The number of carbonyl (C=O) groups is 1. The van der Waals surface area contributed by atoms with Crippen molar-refractivity contribution in [3.63, 3.8) is 0 Å². The number of aliphatic hydroxyl groups is 1. The van der Waals surface area contributed by atoms with Crippen LogP contribution in [-0.2, 0) is 18.4 Å². The fraction of sp³-hybridized carbons (Fsp3) is 0.830. The van der Waals surface area contributed by atoms with Gasteiger partial charge < -0.3 is 19.8 Å². The van der Waals surface area contributed by atoms with E-state index < -0.39 is 20.0 Å². The molecule has 0 saturated heterocycles. The lowest BCUT2D eigenvalue weighted by molar-refractivity contribution is -0.870. The normalized spacial score (nSPS) is 14.5. The lowest BCUT2D eigenvalue weighted by Crippen LogP contribution is -2.45. The van der Waals surface area contributed by atoms with Gasteiger partial charge in [0, 0.05) is 6.42 Å². The number of carbonyl (C=O) groups excluding carboxylic acids is 1. The molecule has 0 aromatic heterocycles. The molecule has 0 aliphatic rings. The summed E-state index contributed by atoms with van der Waals surface area (Å²) in [6.07, 6.45) is 58.4. The minimum absolute atomic E-state index is 0.0609.